The summed E-state index contributed by atoms with van der Waals surface area (Å²) >= 11 is 0. The average molecular weight is 397 g/mol. The minimum Gasteiger partial charge on any atom is -0.350 e. The Hall–Kier alpha value is -4.19. The number of rotatable bonds is 5. The summed E-state index contributed by atoms with van der Waals surface area (Å²) in [7, 11) is 0. The van der Waals surface area contributed by atoms with Crippen LogP contribution in [0.15, 0.2) is 90.6 Å². The van der Waals surface area contributed by atoms with E-state index >= 15 is 0 Å². The molecule has 0 fully saturated rings. The zero-order valence-corrected chi connectivity index (χ0v) is 16.3. The molecule has 148 valence electrons. The number of carbonyl (C=O) groups excluding carboxylic acids is 3. The molecule has 0 aliphatic carbocycles. The number of anilines is 3. The largest absolute Gasteiger partial charge is 0.350 e. The Morgan fingerprint density at radius 3 is 1.90 bits per heavy atom. The van der Waals surface area contributed by atoms with Crippen LogP contribution in [0.4, 0.5) is 17.1 Å². The Balaban J connectivity index is 1.73. The highest BCUT2D eigenvalue weighted by atomic mass is 16.2. The molecule has 2 N–H and O–H groups in total. The summed E-state index contributed by atoms with van der Waals surface area (Å²) in [5.41, 5.74) is 2.97. The van der Waals surface area contributed by atoms with E-state index < -0.39 is 5.91 Å². The van der Waals surface area contributed by atoms with Crippen LogP contribution in [0.25, 0.3) is 5.57 Å². The second-order valence-corrected chi connectivity index (χ2v) is 6.78. The first-order chi connectivity index (χ1) is 14.5. The smallest absolute Gasteiger partial charge is 0.282 e. The molecule has 0 saturated heterocycles. The summed E-state index contributed by atoms with van der Waals surface area (Å²) in [5.74, 6) is -0.967. The zero-order valence-electron chi connectivity index (χ0n) is 16.3. The molecule has 0 bridgehead atoms. The first kappa shape index (κ1) is 19.1. The van der Waals surface area contributed by atoms with Gasteiger partial charge in [0.1, 0.15) is 5.70 Å². The Bertz CT molecular complexity index is 1140. The van der Waals surface area contributed by atoms with Crippen molar-refractivity contribution in [3.63, 3.8) is 0 Å². The van der Waals surface area contributed by atoms with Crippen molar-refractivity contribution >= 4 is 40.4 Å². The number of imide groups is 1. The summed E-state index contributed by atoms with van der Waals surface area (Å²) in [6.07, 6.45) is 0. The Morgan fingerprint density at radius 2 is 1.30 bits per heavy atom. The molecule has 0 atom stereocenters. The van der Waals surface area contributed by atoms with Gasteiger partial charge in [0, 0.05) is 18.3 Å². The van der Waals surface area contributed by atoms with Gasteiger partial charge in [0.25, 0.3) is 11.8 Å². The second-order valence-electron chi connectivity index (χ2n) is 6.78. The van der Waals surface area contributed by atoms with Crippen molar-refractivity contribution in [3.05, 3.63) is 96.2 Å². The van der Waals surface area contributed by atoms with E-state index in [2.05, 4.69) is 10.6 Å². The van der Waals surface area contributed by atoms with Gasteiger partial charge in [-0.25, -0.2) is 4.90 Å². The van der Waals surface area contributed by atoms with Gasteiger partial charge in [-0.05, 0) is 42.0 Å². The summed E-state index contributed by atoms with van der Waals surface area (Å²) in [6.45, 7) is 1.43. The SMILES string of the molecule is CC(=O)Nc1ccc(NC2=C(c3ccccc3)C(=O)N(c3ccccc3)C2=O)cc1. The van der Waals surface area contributed by atoms with E-state index in [1.807, 2.05) is 24.3 Å². The third-order valence-corrected chi connectivity index (χ3v) is 4.64. The van der Waals surface area contributed by atoms with Crippen molar-refractivity contribution in [3.8, 4) is 0 Å². The van der Waals surface area contributed by atoms with Crippen molar-refractivity contribution in [2.24, 2.45) is 0 Å². The van der Waals surface area contributed by atoms with E-state index in [1.165, 1.54) is 11.8 Å². The minimum atomic E-state index is -0.420. The van der Waals surface area contributed by atoms with Gasteiger partial charge in [0.2, 0.25) is 5.91 Å². The molecule has 30 heavy (non-hydrogen) atoms. The molecule has 1 aliphatic heterocycles. The van der Waals surface area contributed by atoms with Crippen molar-refractivity contribution < 1.29 is 14.4 Å². The lowest BCUT2D eigenvalue weighted by atomic mass is 10.0. The van der Waals surface area contributed by atoms with Crippen LogP contribution in [0.1, 0.15) is 12.5 Å². The Kier molecular flexibility index (Phi) is 5.13. The third-order valence-electron chi connectivity index (χ3n) is 4.64. The van der Waals surface area contributed by atoms with Gasteiger partial charge in [-0.2, -0.15) is 0 Å². The molecule has 6 nitrogen and oxygen atoms in total. The van der Waals surface area contributed by atoms with Gasteiger partial charge in [-0.3, -0.25) is 14.4 Å². The lowest BCUT2D eigenvalue weighted by molar-refractivity contribution is -0.120. The number of nitrogens with one attached hydrogen (secondary N) is 2. The molecule has 3 aromatic rings. The highest BCUT2D eigenvalue weighted by Crippen LogP contribution is 2.33. The van der Waals surface area contributed by atoms with Crippen LogP contribution in [0, 0.1) is 0 Å². The normalized spacial score (nSPS) is 13.6. The molecule has 0 saturated carbocycles. The number of nitrogens with zero attached hydrogens (tertiary/aromatic N) is 1. The lowest BCUT2D eigenvalue weighted by Gasteiger charge is -2.15. The molecule has 0 radical (unpaired) electrons. The fraction of sp³-hybridized carbons (Fsp3) is 0.0417. The van der Waals surface area contributed by atoms with Gasteiger partial charge < -0.3 is 10.6 Å². The maximum Gasteiger partial charge on any atom is 0.282 e. The monoisotopic (exact) mass is 397 g/mol. The molecule has 3 aromatic carbocycles. The van der Waals surface area contributed by atoms with Gasteiger partial charge in [-0.1, -0.05) is 48.5 Å². The zero-order chi connectivity index (χ0) is 21.1. The van der Waals surface area contributed by atoms with Crippen molar-refractivity contribution in [2.75, 3.05) is 15.5 Å². The molecule has 4 rings (SSSR count). The molecule has 6 heteroatoms. The number of amides is 3. The van der Waals surface area contributed by atoms with Crippen molar-refractivity contribution in [2.45, 2.75) is 6.92 Å². The Labute approximate surface area is 173 Å². The maximum absolute atomic E-state index is 13.3. The lowest BCUT2D eigenvalue weighted by Crippen LogP contribution is -2.32. The van der Waals surface area contributed by atoms with E-state index in [1.54, 1.807) is 60.7 Å². The van der Waals surface area contributed by atoms with E-state index in [9.17, 15) is 14.4 Å². The summed E-state index contributed by atoms with van der Waals surface area (Å²) in [6, 6.07) is 24.9. The average Bonchev–Trinajstić information content (AvgIpc) is 3.00. The van der Waals surface area contributed by atoms with Gasteiger partial charge in [0.05, 0.1) is 11.3 Å². The summed E-state index contributed by atoms with van der Waals surface area (Å²) in [5, 5.41) is 5.80. The highest BCUT2D eigenvalue weighted by Gasteiger charge is 2.40. The molecular weight excluding hydrogens is 378 g/mol. The molecule has 0 aromatic heterocycles. The number of hydrogen-bond acceptors (Lipinski definition) is 4. The van der Waals surface area contributed by atoms with Gasteiger partial charge >= 0.3 is 0 Å². The fourth-order valence-corrected chi connectivity index (χ4v) is 3.31. The molecule has 1 heterocycles. The van der Waals surface area contributed by atoms with Crippen LogP contribution in [-0.4, -0.2) is 17.7 Å². The molecule has 1 aliphatic rings. The summed E-state index contributed by atoms with van der Waals surface area (Å²) < 4.78 is 0. The van der Waals surface area contributed by atoms with Crippen LogP contribution in [0.5, 0.6) is 0 Å². The van der Waals surface area contributed by atoms with Crippen LogP contribution >= 0.6 is 0 Å². The van der Waals surface area contributed by atoms with Gasteiger partial charge in [-0.15, -0.1) is 0 Å². The fourth-order valence-electron chi connectivity index (χ4n) is 3.31. The first-order valence-corrected chi connectivity index (χ1v) is 9.43. The quantitative estimate of drug-likeness (QED) is 0.637. The summed E-state index contributed by atoms with van der Waals surface area (Å²) in [4.78, 5) is 38.9. The minimum absolute atomic E-state index is 0.167. The van der Waals surface area contributed by atoms with Crippen LogP contribution in [-0.2, 0) is 14.4 Å². The second kappa shape index (κ2) is 8.05. The predicted octanol–water partition coefficient (Wildman–Crippen LogP) is 4.04. The maximum atomic E-state index is 13.3. The van der Waals surface area contributed by atoms with Crippen molar-refractivity contribution in [1.82, 2.24) is 0 Å². The van der Waals surface area contributed by atoms with Crippen LogP contribution in [0.2, 0.25) is 0 Å². The highest BCUT2D eigenvalue weighted by molar-refractivity contribution is 6.46. The number of para-hydroxylation sites is 1. The van der Waals surface area contributed by atoms with Crippen molar-refractivity contribution in [1.29, 1.82) is 0 Å². The van der Waals surface area contributed by atoms with Gasteiger partial charge in [0.15, 0.2) is 0 Å². The molecule has 0 unspecified atom stereocenters. The van der Waals surface area contributed by atoms with E-state index in [-0.39, 0.29) is 17.5 Å². The van der Waals surface area contributed by atoms with Crippen LogP contribution in [0.3, 0.4) is 0 Å². The number of carbonyl (C=O) groups is 3. The topological polar surface area (TPSA) is 78.5 Å². The van der Waals surface area contributed by atoms with Crippen LogP contribution < -0.4 is 15.5 Å². The molecular formula is C24H19N3O3. The number of benzene rings is 3. The Morgan fingerprint density at radius 1 is 0.733 bits per heavy atom. The van der Waals surface area contributed by atoms with E-state index in [0.29, 0.717) is 28.2 Å². The third kappa shape index (κ3) is 3.71. The standard InChI is InChI=1S/C24H19N3O3/c1-16(28)25-18-12-14-19(15-13-18)26-22-21(17-8-4-2-5-9-17)23(29)27(24(22)30)20-10-6-3-7-11-20/h2-15,26H,1H3,(H,25,28). The predicted molar refractivity (Wildman–Crippen MR) is 117 cm³/mol. The first-order valence-electron chi connectivity index (χ1n) is 9.43. The molecule has 0 spiro atoms. The molecule has 3 amide bonds. The number of hydrogen-bond donors (Lipinski definition) is 2. The van der Waals surface area contributed by atoms with E-state index in [0.717, 1.165) is 0 Å². The van der Waals surface area contributed by atoms with E-state index in [4.69, 9.17) is 0 Å².